The van der Waals surface area contributed by atoms with Gasteiger partial charge in [-0.15, -0.1) is 0 Å². The third-order valence-electron chi connectivity index (χ3n) is 4.62. The largest absolute Gasteiger partial charge is 0.493 e. The summed E-state index contributed by atoms with van der Waals surface area (Å²) in [5, 5.41) is 12.0. The smallest absolute Gasteiger partial charge is 0.305 e. The summed E-state index contributed by atoms with van der Waals surface area (Å²) >= 11 is 0. The Bertz CT molecular complexity index is 643. The Morgan fingerprint density at radius 2 is 1.73 bits per heavy atom. The number of ether oxygens (including phenoxy) is 3. The zero-order chi connectivity index (χ0) is 19.9. The zero-order valence-corrected chi connectivity index (χ0v) is 16.3. The summed E-state index contributed by atoms with van der Waals surface area (Å²) in [5.41, 5.74) is 0.00899. The second-order valence-corrected chi connectivity index (χ2v) is 6.68. The van der Waals surface area contributed by atoms with Gasteiger partial charge in [0, 0.05) is 12.0 Å². The number of carboxylic acid groups (broad SMARTS) is 1. The second-order valence-electron chi connectivity index (χ2n) is 6.68. The van der Waals surface area contributed by atoms with Gasteiger partial charge in [-0.1, -0.05) is 19.9 Å². The molecule has 0 aliphatic heterocycles. The van der Waals surface area contributed by atoms with E-state index in [9.17, 15) is 9.59 Å². The first kappa shape index (κ1) is 21.6. The number of hydrogen-bond donors (Lipinski definition) is 2. The molecule has 0 aliphatic carbocycles. The minimum Gasteiger partial charge on any atom is -0.493 e. The van der Waals surface area contributed by atoms with Gasteiger partial charge in [0.1, 0.15) is 0 Å². The van der Waals surface area contributed by atoms with Gasteiger partial charge in [-0.3, -0.25) is 9.59 Å². The van der Waals surface area contributed by atoms with Gasteiger partial charge in [0.2, 0.25) is 11.7 Å². The fraction of sp³-hybridized carbons (Fsp3) is 0.579. The SMILES string of the molecule is COc1ccc(CCC(=O)NC(C)(CC(=O)O)C(C)C)c(OC)c1OC. The van der Waals surface area contributed by atoms with E-state index >= 15 is 0 Å². The highest BCUT2D eigenvalue weighted by Gasteiger charge is 2.32. The number of rotatable bonds is 10. The van der Waals surface area contributed by atoms with Crippen LogP contribution >= 0.6 is 0 Å². The minimum absolute atomic E-state index is 0.0156. The van der Waals surface area contributed by atoms with Crippen molar-refractivity contribution in [1.29, 1.82) is 0 Å². The van der Waals surface area contributed by atoms with Crippen molar-refractivity contribution in [3.8, 4) is 17.2 Å². The molecule has 7 nitrogen and oxygen atoms in total. The van der Waals surface area contributed by atoms with Crippen LogP contribution in [0.3, 0.4) is 0 Å². The molecule has 0 saturated heterocycles. The molecular formula is C19H29NO6. The van der Waals surface area contributed by atoms with Crippen LogP contribution in [0.4, 0.5) is 0 Å². The zero-order valence-electron chi connectivity index (χ0n) is 16.3. The number of hydrogen-bond acceptors (Lipinski definition) is 5. The topological polar surface area (TPSA) is 94.1 Å². The molecule has 7 heteroatoms. The third kappa shape index (κ3) is 5.28. The summed E-state index contributed by atoms with van der Waals surface area (Å²) in [4.78, 5) is 23.5. The van der Waals surface area contributed by atoms with Gasteiger partial charge in [-0.05, 0) is 30.9 Å². The van der Waals surface area contributed by atoms with Crippen LogP contribution in [-0.4, -0.2) is 43.9 Å². The summed E-state index contributed by atoms with van der Waals surface area (Å²) in [7, 11) is 4.60. The van der Waals surface area contributed by atoms with E-state index in [1.165, 1.54) is 14.2 Å². The van der Waals surface area contributed by atoms with Crippen LogP contribution in [0, 0.1) is 5.92 Å². The Morgan fingerprint density at radius 3 is 2.19 bits per heavy atom. The normalized spacial score (nSPS) is 13.0. The van der Waals surface area contributed by atoms with Crippen molar-refractivity contribution >= 4 is 11.9 Å². The summed E-state index contributed by atoms with van der Waals surface area (Å²) < 4.78 is 16.0. The van der Waals surface area contributed by atoms with Crippen molar-refractivity contribution in [3.05, 3.63) is 17.7 Å². The molecule has 1 rings (SSSR count). The molecular weight excluding hydrogens is 338 g/mol. The molecule has 1 atom stereocenters. The van der Waals surface area contributed by atoms with Gasteiger partial charge in [0.15, 0.2) is 11.5 Å². The van der Waals surface area contributed by atoms with Crippen LogP contribution < -0.4 is 19.5 Å². The molecule has 0 saturated carbocycles. The van der Waals surface area contributed by atoms with Crippen LogP contribution in [0.2, 0.25) is 0 Å². The quantitative estimate of drug-likeness (QED) is 0.660. The first-order valence-corrected chi connectivity index (χ1v) is 8.49. The average molecular weight is 367 g/mol. The number of carbonyl (C=O) groups is 2. The van der Waals surface area contributed by atoms with Crippen LogP contribution in [-0.2, 0) is 16.0 Å². The van der Waals surface area contributed by atoms with E-state index in [1.807, 2.05) is 19.9 Å². The van der Waals surface area contributed by atoms with E-state index in [2.05, 4.69) is 5.32 Å². The fourth-order valence-electron chi connectivity index (χ4n) is 2.70. The lowest BCUT2D eigenvalue weighted by Gasteiger charge is -2.33. The highest BCUT2D eigenvalue weighted by Crippen LogP contribution is 2.40. The molecule has 1 aromatic rings. The molecule has 1 unspecified atom stereocenters. The molecule has 0 radical (unpaired) electrons. The number of nitrogens with one attached hydrogen (secondary N) is 1. The van der Waals surface area contributed by atoms with Gasteiger partial charge in [0.25, 0.3) is 0 Å². The van der Waals surface area contributed by atoms with Crippen LogP contribution in [0.15, 0.2) is 12.1 Å². The maximum Gasteiger partial charge on any atom is 0.305 e. The lowest BCUT2D eigenvalue weighted by Crippen LogP contribution is -2.51. The van der Waals surface area contributed by atoms with Crippen molar-refractivity contribution < 1.29 is 28.9 Å². The highest BCUT2D eigenvalue weighted by atomic mass is 16.5. The first-order chi connectivity index (χ1) is 12.2. The molecule has 0 aliphatic rings. The number of carbonyl (C=O) groups excluding carboxylic acids is 1. The average Bonchev–Trinajstić information content (AvgIpc) is 2.57. The maximum atomic E-state index is 12.4. The predicted molar refractivity (Wildman–Crippen MR) is 98.1 cm³/mol. The highest BCUT2D eigenvalue weighted by molar-refractivity contribution is 5.78. The summed E-state index contributed by atoms with van der Waals surface area (Å²) in [6.45, 7) is 5.53. The van der Waals surface area contributed by atoms with Crippen molar-refractivity contribution in [3.63, 3.8) is 0 Å². The summed E-state index contributed by atoms with van der Waals surface area (Å²) in [6, 6.07) is 3.59. The van der Waals surface area contributed by atoms with Crippen LogP contribution in [0.25, 0.3) is 0 Å². The Kier molecular flexibility index (Phi) is 7.74. The Morgan fingerprint density at radius 1 is 1.12 bits per heavy atom. The van der Waals surface area contributed by atoms with Crippen LogP contribution in [0.1, 0.15) is 39.2 Å². The minimum atomic E-state index is -0.942. The monoisotopic (exact) mass is 367 g/mol. The lowest BCUT2D eigenvalue weighted by molar-refractivity contribution is -0.139. The van der Waals surface area contributed by atoms with Gasteiger partial charge in [-0.2, -0.15) is 0 Å². The molecule has 26 heavy (non-hydrogen) atoms. The summed E-state index contributed by atoms with van der Waals surface area (Å²) in [5.74, 6) is 0.384. The van der Waals surface area contributed by atoms with Crippen molar-refractivity contribution in [2.45, 2.75) is 45.6 Å². The molecule has 0 bridgehead atoms. The molecule has 0 fully saturated rings. The Labute approximate surface area is 154 Å². The molecule has 0 aromatic heterocycles. The molecule has 2 N–H and O–H groups in total. The number of benzene rings is 1. The fourth-order valence-corrected chi connectivity index (χ4v) is 2.70. The van der Waals surface area contributed by atoms with Crippen molar-refractivity contribution in [1.82, 2.24) is 5.32 Å². The molecule has 0 spiro atoms. The number of amides is 1. The standard InChI is InChI=1S/C19H29NO6/c1-12(2)19(3,11-16(22)23)20-15(21)10-8-13-7-9-14(24-4)18(26-6)17(13)25-5/h7,9,12H,8,10-11H2,1-6H3,(H,20,21)(H,22,23). The number of aliphatic carboxylic acids is 1. The van der Waals surface area contributed by atoms with E-state index in [-0.39, 0.29) is 24.7 Å². The van der Waals surface area contributed by atoms with Crippen molar-refractivity contribution in [2.24, 2.45) is 5.92 Å². The van der Waals surface area contributed by atoms with Gasteiger partial charge < -0.3 is 24.6 Å². The van der Waals surface area contributed by atoms with E-state index in [4.69, 9.17) is 19.3 Å². The van der Waals surface area contributed by atoms with E-state index in [0.717, 1.165) is 5.56 Å². The van der Waals surface area contributed by atoms with Gasteiger partial charge in [0.05, 0.1) is 27.8 Å². The molecule has 0 heterocycles. The second kappa shape index (κ2) is 9.31. The van der Waals surface area contributed by atoms with Crippen molar-refractivity contribution in [2.75, 3.05) is 21.3 Å². The van der Waals surface area contributed by atoms with E-state index in [0.29, 0.717) is 23.7 Å². The Balaban J connectivity index is 2.89. The molecule has 1 aromatic carbocycles. The molecule has 146 valence electrons. The maximum absolute atomic E-state index is 12.4. The Hall–Kier alpha value is -2.44. The predicted octanol–water partition coefficient (Wildman–Crippen LogP) is 2.65. The van der Waals surface area contributed by atoms with Crippen LogP contribution in [0.5, 0.6) is 17.2 Å². The van der Waals surface area contributed by atoms with E-state index in [1.54, 1.807) is 20.1 Å². The number of carboxylic acids is 1. The number of aryl methyl sites for hydroxylation is 1. The van der Waals surface area contributed by atoms with Gasteiger partial charge in [-0.25, -0.2) is 0 Å². The lowest BCUT2D eigenvalue weighted by atomic mass is 9.85. The van der Waals surface area contributed by atoms with Gasteiger partial charge >= 0.3 is 5.97 Å². The number of methoxy groups -OCH3 is 3. The summed E-state index contributed by atoms with van der Waals surface area (Å²) in [6.07, 6.45) is 0.500. The molecule has 1 amide bonds. The first-order valence-electron chi connectivity index (χ1n) is 8.49. The third-order valence-corrected chi connectivity index (χ3v) is 4.62. The van der Waals surface area contributed by atoms with E-state index < -0.39 is 11.5 Å².